The maximum Gasteiger partial charge on any atom is 0.309 e. The van der Waals surface area contributed by atoms with E-state index in [0.29, 0.717) is 13.2 Å². The van der Waals surface area contributed by atoms with Crippen molar-refractivity contribution in [2.75, 3.05) is 27.4 Å². The Hall–Kier alpha value is -1.81. The lowest BCUT2D eigenvalue weighted by atomic mass is 10.2. The van der Waals surface area contributed by atoms with Gasteiger partial charge in [-0.2, -0.15) is 0 Å². The van der Waals surface area contributed by atoms with E-state index in [-0.39, 0.29) is 12.4 Å². The minimum atomic E-state index is -0.245. The van der Waals surface area contributed by atoms with Gasteiger partial charge in [-0.15, -0.1) is 0 Å². The number of rotatable bonds is 7. The molecule has 4 heteroatoms. The van der Waals surface area contributed by atoms with Crippen molar-refractivity contribution in [3.63, 3.8) is 0 Å². The van der Waals surface area contributed by atoms with E-state index in [9.17, 15) is 4.79 Å². The van der Waals surface area contributed by atoms with Gasteiger partial charge >= 0.3 is 5.97 Å². The van der Waals surface area contributed by atoms with Crippen LogP contribution >= 0.6 is 0 Å². The van der Waals surface area contributed by atoms with E-state index in [4.69, 9.17) is 9.47 Å². The van der Waals surface area contributed by atoms with Crippen LogP contribution in [0.2, 0.25) is 0 Å². The highest BCUT2D eigenvalue weighted by molar-refractivity contribution is 5.72. The molecule has 0 atom stereocenters. The van der Waals surface area contributed by atoms with Crippen LogP contribution in [0.25, 0.3) is 6.08 Å². The molecule has 0 heterocycles. The average molecular weight is 250 g/mol. The summed E-state index contributed by atoms with van der Waals surface area (Å²) < 4.78 is 14.9. The van der Waals surface area contributed by atoms with E-state index in [2.05, 4.69) is 4.74 Å². The quantitative estimate of drug-likeness (QED) is 0.550. The first-order valence-electron chi connectivity index (χ1n) is 5.71. The van der Waals surface area contributed by atoms with Crippen molar-refractivity contribution in [3.05, 3.63) is 35.9 Å². The number of hydrogen-bond acceptors (Lipinski definition) is 4. The summed E-state index contributed by atoms with van der Waals surface area (Å²) in [5, 5.41) is 0. The number of ether oxygens (including phenoxy) is 3. The fourth-order valence-electron chi connectivity index (χ4n) is 1.29. The van der Waals surface area contributed by atoms with Gasteiger partial charge in [-0.05, 0) is 17.7 Å². The van der Waals surface area contributed by atoms with Gasteiger partial charge in [-0.1, -0.05) is 24.3 Å². The maximum atomic E-state index is 10.9. The molecule has 1 aromatic rings. The molecule has 0 N–H and O–H groups in total. The molecule has 0 unspecified atom stereocenters. The molecule has 0 bridgehead atoms. The maximum absolute atomic E-state index is 10.9. The number of carbonyl (C=O) groups excluding carboxylic acids is 1. The molecule has 18 heavy (non-hydrogen) atoms. The van der Waals surface area contributed by atoms with Gasteiger partial charge < -0.3 is 14.2 Å². The topological polar surface area (TPSA) is 44.8 Å². The third kappa shape index (κ3) is 5.50. The molecule has 1 aromatic carbocycles. The number of esters is 1. The first-order chi connectivity index (χ1) is 8.76. The van der Waals surface area contributed by atoms with Crippen molar-refractivity contribution in [2.45, 2.75) is 6.42 Å². The zero-order valence-electron chi connectivity index (χ0n) is 10.7. The van der Waals surface area contributed by atoms with Gasteiger partial charge in [0.25, 0.3) is 0 Å². The van der Waals surface area contributed by atoms with Crippen molar-refractivity contribution in [3.8, 4) is 5.75 Å². The Labute approximate surface area is 107 Å². The van der Waals surface area contributed by atoms with Gasteiger partial charge in [0, 0.05) is 7.11 Å². The summed E-state index contributed by atoms with van der Waals surface area (Å²) >= 11 is 0. The minimum absolute atomic E-state index is 0.245. The van der Waals surface area contributed by atoms with Crippen LogP contribution in [-0.2, 0) is 14.3 Å². The summed E-state index contributed by atoms with van der Waals surface area (Å²) in [7, 11) is 3.01. The van der Waals surface area contributed by atoms with Crippen LogP contribution in [0.1, 0.15) is 12.0 Å². The van der Waals surface area contributed by atoms with Crippen LogP contribution in [0.5, 0.6) is 5.75 Å². The molecule has 0 spiro atoms. The van der Waals surface area contributed by atoms with Gasteiger partial charge in [-0.3, -0.25) is 4.79 Å². The van der Waals surface area contributed by atoms with Crippen LogP contribution in [0.3, 0.4) is 0 Å². The van der Waals surface area contributed by atoms with Crippen LogP contribution in [-0.4, -0.2) is 33.4 Å². The van der Waals surface area contributed by atoms with Gasteiger partial charge in [0.05, 0.1) is 20.1 Å². The molecule has 0 saturated heterocycles. The SMILES string of the molecule is COCCOc1ccc(C=CCC(=O)OC)cc1. The second-order valence-electron chi connectivity index (χ2n) is 3.59. The van der Waals surface area contributed by atoms with E-state index in [1.807, 2.05) is 30.3 Å². The minimum Gasteiger partial charge on any atom is -0.491 e. The second-order valence-corrected chi connectivity index (χ2v) is 3.59. The molecular weight excluding hydrogens is 232 g/mol. The molecule has 0 aliphatic heterocycles. The summed E-state index contributed by atoms with van der Waals surface area (Å²) in [6.07, 6.45) is 3.92. The number of carbonyl (C=O) groups is 1. The van der Waals surface area contributed by atoms with Crippen molar-refractivity contribution >= 4 is 12.0 Å². The molecule has 98 valence electrons. The Morgan fingerprint density at radius 1 is 1.17 bits per heavy atom. The van der Waals surface area contributed by atoms with Crippen LogP contribution in [0, 0.1) is 0 Å². The molecule has 0 aliphatic carbocycles. The Morgan fingerprint density at radius 3 is 2.50 bits per heavy atom. The molecule has 0 fully saturated rings. The first-order valence-corrected chi connectivity index (χ1v) is 5.71. The van der Waals surface area contributed by atoms with Gasteiger partial charge in [0.1, 0.15) is 12.4 Å². The fraction of sp³-hybridized carbons (Fsp3) is 0.357. The number of hydrogen-bond donors (Lipinski definition) is 0. The smallest absolute Gasteiger partial charge is 0.309 e. The van der Waals surface area contributed by atoms with Crippen molar-refractivity contribution in [1.29, 1.82) is 0 Å². The highest BCUT2D eigenvalue weighted by Gasteiger charge is 1.95. The lowest BCUT2D eigenvalue weighted by molar-refractivity contribution is -0.139. The van der Waals surface area contributed by atoms with Crippen molar-refractivity contribution in [1.82, 2.24) is 0 Å². The molecule has 0 amide bonds. The standard InChI is InChI=1S/C14H18O4/c1-16-10-11-18-13-8-6-12(7-9-13)4-3-5-14(15)17-2/h3-4,6-9H,5,10-11H2,1-2H3. The summed E-state index contributed by atoms with van der Waals surface area (Å²) in [5.74, 6) is 0.558. The normalized spacial score (nSPS) is 10.6. The highest BCUT2D eigenvalue weighted by Crippen LogP contribution is 2.13. The van der Waals surface area contributed by atoms with E-state index in [0.717, 1.165) is 11.3 Å². The molecule has 1 rings (SSSR count). The third-order valence-corrected chi connectivity index (χ3v) is 2.26. The van der Waals surface area contributed by atoms with Crippen LogP contribution in [0.15, 0.2) is 30.3 Å². The predicted molar refractivity (Wildman–Crippen MR) is 69.5 cm³/mol. The lowest BCUT2D eigenvalue weighted by Crippen LogP contribution is -2.03. The molecule has 0 saturated carbocycles. The zero-order chi connectivity index (χ0) is 13.2. The zero-order valence-corrected chi connectivity index (χ0v) is 10.7. The fourth-order valence-corrected chi connectivity index (χ4v) is 1.29. The molecule has 0 aliphatic rings. The summed E-state index contributed by atoms with van der Waals surface area (Å²) in [4.78, 5) is 10.9. The molecule has 4 nitrogen and oxygen atoms in total. The number of benzene rings is 1. The summed E-state index contributed by atoms with van der Waals surface area (Å²) in [5.41, 5.74) is 1.01. The Bertz CT molecular complexity index is 381. The van der Waals surface area contributed by atoms with Crippen molar-refractivity contribution in [2.24, 2.45) is 0 Å². The van der Waals surface area contributed by atoms with Gasteiger partial charge in [0.15, 0.2) is 0 Å². The largest absolute Gasteiger partial charge is 0.491 e. The molecule has 0 radical (unpaired) electrons. The average Bonchev–Trinajstić information content (AvgIpc) is 2.40. The van der Waals surface area contributed by atoms with Crippen LogP contribution in [0.4, 0.5) is 0 Å². The predicted octanol–water partition coefficient (Wildman–Crippen LogP) is 2.29. The third-order valence-electron chi connectivity index (χ3n) is 2.26. The number of methoxy groups -OCH3 is 2. The lowest BCUT2D eigenvalue weighted by Gasteiger charge is -2.05. The highest BCUT2D eigenvalue weighted by atomic mass is 16.5. The van der Waals surface area contributed by atoms with Crippen LogP contribution < -0.4 is 4.74 Å². The molecule has 0 aromatic heterocycles. The Balaban J connectivity index is 2.42. The van der Waals surface area contributed by atoms with E-state index in [1.54, 1.807) is 13.2 Å². The van der Waals surface area contributed by atoms with Gasteiger partial charge in [0.2, 0.25) is 0 Å². The Morgan fingerprint density at radius 2 is 1.89 bits per heavy atom. The summed E-state index contributed by atoms with van der Waals surface area (Å²) in [6.45, 7) is 1.11. The Kier molecular flexibility index (Phi) is 6.58. The first kappa shape index (κ1) is 14.3. The van der Waals surface area contributed by atoms with E-state index >= 15 is 0 Å². The van der Waals surface area contributed by atoms with Gasteiger partial charge in [-0.25, -0.2) is 0 Å². The monoisotopic (exact) mass is 250 g/mol. The second kappa shape index (κ2) is 8.31. The molecular formula is C14H18O4. The van der Waals surface area contributed by atoms with Crippen molar-refractivity contribution < 1.29 is 19.0 Å². The summed E-state index contributed by atoms with van der Waals surface area (Å²) in [6, 6.07) is 7.62. The van der Waals surface area contributed by atoms with E-state index in [1.165, 1.54) is 7.11 Å². The van der Waals surface area contributed by atoms with E-state index < -0.39 is 0 Å².